The smallest absolute Gasteiger partial charge is 0.313 e. The number of ether oxygens (including phenoxy) is 1. The number of nitro benzene ring substituents is 1. The Labute approximate surface area is 238 Å². The molecule has 0 amide bonds. The van der Waals surface area contributed by atoms with Gasteiger partial charge in [0.1, 0.15) is 12.4 Å². The van der Waals surface area contributed by atoms with E-state index in [1.165, 1.54) is 17.0 Å². The largest absolute Gasteiger partial charge is 0.481 e. The molecule has 8 nitrogen and oxygen atoms in total. The maximum absolute atomic E-state index is 13.7. The van der Waals surface area contributed by atoms with Gasteiger partial charge >= 0.3 is 5.69 Å². The summed E-state index contributed by atoms with van der Waals surface area (Å²) in [4.78, 5) is 29.9. The molecule has 0 bridgehead atoms. The number of nitro groups is 1. The predicted molar refractivity (Wildman–Crippen MR) is 156 cm³/mol. The van der Waals surface area contributed by atoms with Gasteiger partial charge < -0.3 is 4.74 Å². The van der Waals surface area contributed by atoms with Gasteiger partial charge in [0.25, 0.3) is 5.56 Å². The molecule has 10 heteroatoms. The first-order valence-electron chi connectivity index (χ1n) is 12.7. The number of hydrogen-bond acceptors (Lipinski definition) is 6. The van der Waals surface area contributed by atoms with Gasteiger partial charge in [0.15, 0.2) is 0 Å². The van der Waals surface area contributed by atoms with Gasteiger partial charge in [0.2, 0.25) is 5.75 Å². The van der Waals surface area contributed by atoms with Gasteiger partial charge in [-0.1, -0.05) is 76.6 Å². The van der Waals surface area contributed by atoms with Crippen LogP contribution in [-0.2, 0) is 6.61 Å². The molecule has 1 aliphatic rings. The Bertz CT molecular complexity index is 1650. The summed E-state index contributed by atoms with van der Waals surface area (Å²) in [7, 11) is 0. The molecule has 200 valence electrons. The van der Waals surface area contributed by atoms with Crippen LogP contribution in [0, 0.1) is 17.0 Å². The van der Waals surface area contributed by atoms with Gasteiger partial charge in [-0.2, -0.15) is 9.78 Å². The molecule has 0 N–H and O–H groups in total. The summed E-state index contributed by atoms with van der Waals surface area (Å²) in [5.74, 6) is 0.699. The van der Waals surface area contributed by atoms with Gasteiger partial charge in [-0.25, -0.2) is 4.98 Å². The Morgan fingerprint density at radius 3 is 2.72 bits per heavy atom. The van der Waals surface area contributed by atoms with E-state index in [0.29, 0.717) is 16.7 Å². The zero-order valence-corrected chi connectivity index (χ0v) is 23.6. The lowest BCUT2D eigenvalue weighted by atomic mass is 9.88. The van der Waals surface area contributed by atoms with Gasteiger partial charge in [0.05, 0.1) is 22.0 Å². The molecule has 0 spiro atoms. The van der Waals surface area contributed by atoms with Crippen LogP contribution in [0.3, 0.4) is 0 Å². The summed E-state index contributed by atoms with van der Waals surface area (Å²) in [5.41, 5.74) is 2.22. The summed E-state index contributed by atoms with van der Waals surface area (Å²) in [6.45, 7) is 2.08. The van der Waals surface area contributed by atoms with E-state index < -0.39 is 4.92 Å². The molecule has 39 heavy (non-hydrogen) atoms. The number of benzene rings is 3. The number of rotatable bonds is 7. The molecule has 1 fully saturated rings. The number of fused-ring (bicyclic) bond motifs is 1. The van der Waals surface area contributed by atoms with E-state index in [2.05, 4.69) is 21.0 Å². The van der Waals surface area contributed by atoms with Crippen molar-refractivity contribution in [1.29, 1.82) is 0 Å². The van der Waals surface area contributed by atoms with Crippen molar-refractivity contribution in [2.75, 3.05) is 0 Å². The standard InChI is InChI=1S/C29H26BrClN4O4/c1-18-6-5-7-19(12-18)17-39-27-21(13-23(31)15-26(27)35(37)38)16-32-34-28(20-8-3-2-4-9-20)33-25-11-10-22(30)14-24(25)29(34)36/h5-7,10-16,20H,2-4,8-9,17H2,1H3. The summed E-state index contributed by atoms with van der Waals surface area (Å²) in [6, 6.07) is 15.9. The number of nitrogens with zero attached hydrogens (tertiary/aromatic N) is 4. The average Bonchev–Trinajstić information content (AvgIpc) is 2.92. The van der Waals surface area contributed by atoms with Crippen LogP contribution in [0.15, 0.2) is 69.0 Å². The zero-order chi connectivity index (χ0) is 27.5. The normalized spacial score (nSPS) is 14.2. The second-order valence-corrected chi connectivity index (χ2v) is 11.1. The number of aromatic nitrogens is 2. The Morgan fingerprint density at radius 1 is 1.18 bits per heavy atom. The van der Waals surface area contributed by atoms with Gasteiger partial charge in [0, 0.05) is 27.0 Å². The quantitative estimate of drug-likeness (QED) is 0.122. The van der Waals surface area contributed by atoms with Crippen molar-refractivity contribution in [3.05, 3.63) is 107 Å². The minimum Gasteiger partial charge on any atom is -0.481 e. The topological polar surface area (TPSA) is 99.6 Å². The fraction of sp³-hybridized carbons (Fsp3) is 0.276. The van der Waals surface area contributed by atoms with Crippen molar-refractivity contribution in [3.63, 3.8) is 0 Å². The Hall–Kier alpha value is -3.56. The van der Waals surface area contributed by atoms with E-state index >= 15 is 0 Å². The summed E-state index contributed by atoms with van der Waals surface area (Å²) in [5, 5.41) is 17.0. The molecular weight excluding hydrogens is 584 g/mol. The van der Waals surface area contributed by atoms with Crippen molar-refractivity contribution in [2.45, 2.75) is 51.6 Å². The van der Waals surface area contributed by atoms with Crippen molar-refractivity contribution in [1.82, 2.24) is 9.66 Å². The molecule has 0 atom stereocenters. The lowest BCUT2D eigenvalue weighted by Gasteiger charge is -2.22. The minimum absolute atomic E-state index is 0.0263. The zero-order valence-electron chi connectivity index (χ0n) is 21.3. The van der Waals surface area contributed by atoms with Crippen LogP contribution in [0.1, 0.15) is 60.5 Å². The minimum atomic E-state index is -0.538. The van der Waals surface area contributed by atoms with E-state index in [4.69, 9.17) is 21.3 Å². The summed E-state index contributed by atoms with van der Waals surface area (Å²) < 4.78 is 8.05. The summed E-state index contributed by atoms with van der Waals surface area (Å²) >= 11 is 9.69. The van der Waals surface area contributed by atoms with Crippen LogP contribution in [0.25, 0.3) is 10.9 Å². The van der Waals surface area contributed by atoms with Crippen LogP contribution in [0.2, 0.25) is 5.02 Å². The van der Waals surface area contributed by atoms with Gasteiger partial charge in [-0.3, -0.25) is 14.9 Å². The van der Waals surface area contributed by atoms with Crippen molar-refractivity contribution in [3.8, 4) is 5.75 Å². The highest BCUT2D eigenvalue weighted by molar-refractivity contribution is 9.10. The van der Waals surface area contributed by atoms with Crippen molar-refractivity contribution < 1.29 is 9.66 Å². The lowest BCUT2D eigenvalue weighted by Crippen LogP contribution is -2.25. The molecule has 0 aliphatic heterocycles. The molecule has 0 saturated heterocycles. The Balaban J connectivity index is 1.61. The molecule has 0 unspecified atom stereocenters. The third-order valence-corrected chi connectivity index (χ3v) is 7.55. The van der Waals surface area contributed by atoms with Crippen LogP contribution < -0.4 is 10.3 Å². The predicted octanol–water partition coefficient (Wildman–Crippen LogP) is 7.54. The molecule has 3 aromatic carbocycles. The third-order valence-electron chi connectivity index (χ3n) is 6.84. The highest BCUT2D eigenvalue weighted by atomic mass is 79.9. The van der Waals surface area contributed by atoms with Crippen LogP contribution in [-0.4, -0.2) is 20.8 Å². The van der Waals surface area contributed by atoms with E-state index in [1.54, 1.807) is 12.1 Å². The molecule has 4 aromatic rings. The molecule has 1 saturated carbocycles. The number of hydrogen-bond donors (Lipinski definition) is 0. The monoisotopic (exact) mass is 608 g/mol. The van der Waals surface area contributed by atoms with Crippen LogP contribution in [0.4, 0.5) is 5.69 Å². The van der Waals surface area contributed by atoms with Crippen molar-refractivity contribution >= 4 is 50.3 Å². The number of aryl methyl sites for hydroxylation is 1. The third kappa shape index (κ3) is 6.04. The molecule has 1 heterocycles. The SMILES string of the molecule is Cc1cccc(COc2c(C=Nn3c(C4CCCCC4)nc4ccc(Br)cc4c3=O)cc(Cl)cc2[N+](=O)[O-])c1. The first-order chi connectivity index (χ1) is 18.8. The second-order valence-electron chi connectivity index (χ2n) is 9.71. The van der Waals surface area contributed by atoms with Gasteiger partial charge in [-0.15, -0.1) is 0 Å². The van der Waals surface area contributed by atoms with Crippen LogP contribution in [0.5, 0.6) is 5.75 Å². The molecular formula is C29H26BrClN4O4. The summed E-state index contributed by atoms with van der Waals surface area (Å²) in [6.07, 6.45) is 6.48. The fourth-order valence-corrected chi connectivity index (χ4v) is 5.55. The van der Waals surface area contributed by atoms with Crippen LogP contribution >= 0.6 is 27.5 Å². The molecule has 1 aromatic heterocycles. The first-order valence-corrected chi connectivity index (χ1v) is 13.9. The first kappa shape index (κ1) is 27.0. The molecule has 5 rings (SSSR count). The fourth-order valence-electron chi connectivity index (χ4n) is 4.97. The highest BCUT2D eigenvalue weighted by Crippen LogP contribution is 2.35. The van der Waals surface area contributed by atoms with E-state index in [0.717, 1.165) is 47.7 Å². The second kappa shape index (κ2) is 11.7. The average molecular weight is 610 g/mol. The maximum atomic E-state index is 13.7. The lowest BCUT2D eigenvalue weighted by molar-refractivity contribution is -0.385. The van der Waals surface area contributed by atoms with E-state index in [9.17, 15) is 14.9 Å². The maximum Gasteiger partial charge on any atom is 0.313 e. The van der Waals surface area contributed by atoms with Crippen molar-refractivity contribution in [2.24, 2.45) is 5.10 Å². The molecule has 1 aliphatic carbocycles. The van der Waals surface area contributed by atoms with E-state index in [1.807, 2.05) is 43.3 Å². The Morgan fingerprint density at radius 2 is 1.97 bits per heavy atom. The molecule has 0 radical (unpaired) electrons. The highest BCUT2D eigenvalue weighted by Gasteiger charge is 2.24. The van der Waals surface area contributed by atoms with Gasteiger partial charge in [-0.05, 0) is 49.6 Å². The number of halogens is 2. The Kier molecular flexibility index (Phi) is 8.09. The van der Waals surface area contributed by atoms with E-state index in [-0.39, 0.29) is 40.1 Å².